The van der Waals surface area contributed by atoms with Gasteiger partial charge in [0.05, 0.1) is 11.5 Å². The predicted molar refractivity (Wildman–Crippen MR) is 82.9 cm³/mol. The van der Waals surface area contributed by atoms with Gasteiger partial charge in [-0.3, -0.25) is 0 Å². The highest BCUT2D eigenvalue weighted by Gasteiger charge is 2.28. The molecule has 6 heteroatoms. The Hall–Kier alpha value is -1.11. The smallest absolute Gasteiger partial charge is 0.241 e. The second kappa shape index (κ2) is 7.77. The third-order valence-electron chi connectivity index (χ3n) is 3.43. The number of benzene rings is 1. The van der Waals surface area contributed by atoms with Gasteiger partial charge in [0.25, 0.3) is 0 Å². The lowest BCUT2D eigenvalue weighted by Gasteiger charge is -2.28. The van der Waals surface area contributed by atoms with Crippen LogP contribution < -0.4 is 9.46 Å². The average Bonchev–Trinajstić information content (AvgIpc) is 2.45. The number of hydrogen-bond donors (Lipinski definition) is 2. The van der Waals surface area contributed by atoms with Gasteiger partial charge in [-0.25, -0.2) is 13.1 Å². The number of aliphatic hydroxyl groups excluding tert-OH is 1. The van der Waals surface area contributed by atoms with Crippen LogP contribution in [-0.2, 0) is 10.0 Å². The highest BCUT2D eigenvalue weighted by Crippen LogP contribution is 2.21. The van der Waals surface area contributed by atoms with Gasteiger partial charge in [-0.15, -0.1) is 0 Å². The summed E-state index contributed by atoms with van der Waals surface area (Å²) in [6.45, 7) is 6.24. The van der Waals surface area contributed by atoms with Crippen LogP contribution in [0.15, 0.2) is 29.2 Å². The van der Waals surface area contributed by atoms with Crippen molar-refractivity contribution in [2.45, 2.75) is 50.5 Å². The topological polar surface area (TPSA) is 75.6 Å². The number of nitrogens with one attached hydrogen (secondary N) is 1. The maximum Gasteiger partial charge on any atom is 0.241 e. The number of sulfonamides is 1. The summed E-state index contributed by atoms with van der Waals surface area (Å²) in [5, 5.41) is 9.07. The van der Waals surface area contributed by atoms with Crippen molar-refractivity contribution in [1.29, 1.82) is 0 Å². The van der Waals surface area contributed by atoms with E-state index in [1.54, 1.807) is 19.1 Å². The van der Waals surface area contributed by atoms with Crippen molar-refractivity contribution >= 4 is 10.0 Å². The summed E-state index contributed by atoms with van der Waals surface area (Å²) < 4.78 is 32.9. The first-order valence-electron chi connectivity index (χ1n) is 7.24. The molecular weight excluding hydrogens is 290 g/mol. The van der Waals surface area contributed by atoms with Crippen molar-refractivity contribution in [3.05, 3.63) is 24.3 Å². The third kappa shape index (κ3) is 5.30. The number of rotatable bonds is 9. The number of hydrogen-bond acceptors (Lipinski definition) is 4. The molecule has 1 aromatic rings. The van der Waals surface area contributed by atoms with Gasteiger partial charge in [0.2, 0.25) is 10.0 Å². The Balaban J connectivity index is 2.87. The summed E-state index contributed by atoms with van der Waals surface area (Å²) in [6, 6.07) is 6.36. The lowest BCUT2D eigenvalue weighted by atomic mass is 9.97. The van der Waals surface area contributed by atoms with Crippen molar-refractivity contribution < 1.29 is 18.3 Å². The molecule has 2 N–H and O–H groups in total. The van der Waals surface area contributed by atoms with E-state index in [9.17, 15) is 8.42 Å². The largest absolute Gasteiger partial charge is 0.494 e. The zero-order valence-electron chi connectivity index (χ0n) is 12.9. The Morgan fingerprint density at radius 2 is 1.86 bits per heavy atom. The molecule has 1 atom stereocenters. The van der Waals surface area contributed by atoms with Crippen molar-refractivity contribution in [3.8, 4) is 5.75 Å². The van der Waals surface area contributed by atoms with Crippen LogP contribution in [0.4, 0.5) is 0 Å². The summed E-state index contributed by atoms with van der Waals surface area (Å²) >= 11 is 0. The summed E-state index contributed by atoms with van der Waals surface area (Å²) in [6.07, 6.45) is 1.88. The van der Waals surface area contributed by atoms with E-state index in [4.69, 9.17) is 9.84 Å². The first kappa shape index (κ1) is 17.9. The second-order valence-corrected chi connectivity index (χ2v) is 7.00. The van der Waals surface area contributed by atoms with E-state index in [2.05, 4.69) is 4.72 Å². The van der Waals surface area contributed by atoms with Crippen LogP contribution in [0, 0.1) is 0 Å². The highest BCUT2D eigenvalue weighted by molar-refractivity contribution is 7.89. The van der Waals surface area contributed by atoms with Crippen LogP contribution in [-0.4, -0.2) is 32.3 Å². The van der Waals surface area contributed by atoms with E-state index in [0.717, 1.165) is 6.42 Å². The van der Waals surface area contributed by atoms with E-state index >= 15 is 0 Å². The van der Waals surface area contributed by atoms with Crippen LogP contribution in [0.5, 0.6) is 5.75 Å². The van der Waals surface area contributed by atoms with Crippen LogP contribution in [0.2, 0.25) is 0 Å². The fraction of sp³-hybridized carbons (Fsp3) is 0.600. The zero-order valence-corrected chi connectivity index (χ0v) is 13.7. The van der Waals surface area contributed by atoms with Crippen molar-refractivity contribution in [1.82, 2.24) is 4.72 Å². The molecule has 0 amide bonds. The van der Waals surface area contributed by atoms with Gasteiger partial charge in [0.1, 0.15) is 5.75 Å². The zero-order chi connectivity index (χ0) is 15.9. The van der Waals surface area contributed by atoms with Crippen LogP contribution in [0.1, 0.15) is 40.0 Å². The Morgan fingerprint density at radius 1 is 1.24 bits per heavy atom. The van der Waals surface area contributed by atoms with Crippen molar-refractivity contribution in [2.75, 3.05) is 13.2 Å². The Bertz CT molecular complexity index is 527. The summed E-state index contributed by atoms with van der Waals surface area (Å²) in [7, 11) is -3.61. The van der Waals surface area contributed by atoms with Gasteiger partial charge < -0.3 is 9.84 Å². The van der Waals surface area contributed by atoms with E-state index in [0.29, 0.717) is 25.2 Å². The van der Waals surface area contributed by atoms with Gasteiger partial charge in [0, 0.05) is 12.1 Å². The standard InChI is InChI=1S/C15H25NO4S/c1-4-12-20-13-6-8-14(9-7-13)21(18,19)16-15(3,5-2)10-11-17/h6-9,16-17H,4-5,10-12H2,1-3H3. The molecule has 0 fully saturated rings. The molecule has 0 bridgehead atoms. The summed E-state index contributed by atoms with van der Waals surface area (Å²) in [5.41, 5.74) is -0.648. The van der Waals surface area contributed by atoms with Crippen molar-refractivity contribution in [2.24, 2.45) is 0 Å². The molecule has 0 aliphatic heterocycles. The predicted octanol–water partition coefficient (Wildman–Crippen LogP) is 2.30. The minimum absolute atomic E-state index is 0.0589. The maximum absolute atomic E-state index is 12.4. The third-order valence-corrected chi connectivity index (χ3v) is 5.09. The van der Waals surface area contributed by atoms with E-state index in [-0.39, 0.29) is 11.5 Å². The molecular formula is C15H25NO4S. The Morgan fingerprint density at radius 3 is 2.33 bits per heavy atom. The molecule has 21 heavy (non-hydrogen) atoms. The molecule has 0 aromatic heterocycles. The highest BCUT2D eigenvalue weighted by atomic mass is 32.2. The van der Waals surface area contributed by atoms with Gasteiger partial charge in [-0.05, 0) is 50.5 Å². The number of ether oxygens (including phenoxy) is 1. The molecule has 0 saturated carbocycles. The molecule has 0 aliphatic carbocycles. The van der Waals surface area contributed by atoms with Gasteiger partial charge in [-0.2, -0.15) is 0 Å². The van der Waals surface area contributed by atoms with Gasteiger partial charge >= 0.3 is 0 Å². The molecule has 0 aliphatic rings. The van der Waals surface area contributed by atoms with Crippen molar-refractivity contribution in [3.63, 3.8) is 0 Å². The molecule has 5 nitrogen and oxygen atoms in total. The molecule has 0 saturated heterocycles. The van der Waals surface area contributed by atoms with E-state index in [1.807, 2.05) is 13.8 Å². The SMILES string of the molecule is CCCOc1ccc(S(=O)(=O)NC(C)(CC)CCO)cc1. The fourth-order valence-corrected chi connectivity index (χ4v) is 3.37. The summed E-state index contributed by atoms with van der Waals surface area (Å²) in [5.74, 6) is 0.657. The molecule has 1 rings (SSSR count). The first-order valence-corrected chi connectivity index (χ1v) is 8.73. The fourth-order valence-electron chi connectivity index (χ4n) is 1.86. The monoisotopic (exact) mass is 315 g/mol. The van der Waals surface area contributed by atoms with E-state index in [1.165, 1.54) is 12.1 Å². The molecule has 0 heterocycles. The lowest BCUT2D eigenvalue weighted by molar-refractivity contribution is 0.233. The second-order valence-electron chi connectivity index (χ2n) is 5.31. The quantitative estimate of drug-likeness (QED) is 0.733. The maximum atomic E-state index is 12.4. The molecule has 0 spiro atoms. The average molecular weight is 315 g/mol. The minimum Gasteiger partial charge on any atom is -0.494 e. The van der Waals surface area contributed by atoms with Crippen LogP contribution in [0.25, 0.3) is 0 Å². The molecule has 1 unspecified atom stereocenters. The number of aliphatic hydroxyl groups is 1. The van der Waals surface area contributed by atoms with Gasteiger partial charge in [-0.1, -0.05) is 13.8 Å². The Kier molecular flexibility index (Phi) is 6.64. The minimum atomic E-state index is -3.61. The molecule has 1 aromatic carbocycles. The van der Waals surface area contributed by atoms with Gasteiger partial charge in [0.15, 0.2) is 0 Å². The molecule has 0 radical (unpaired) electrons. The lowest BCUT2D eigenvalue weighted by Crippen LogP contribution is -2.46. The first-order chi connectivity index (χ1) is 9.87. The molecule has 120 valence electrons. The summed E-state index contributed by atoms with van der Waals surface area (Å²) in [4.78, 5) is 0.198. The van der Waals surface area contributed by atoms with Crippen LogP contribution >= 0.6 is 0 Å². The normalized spacial score (nSPS) is 14.7. The van der Waals surface area contributed by atoms with Crippen LogP contribution in [0.3, 0.4) is 0 Å². The van der Waals surface area contributed by atoms with E-state index < -0.39 is 15.6 Å². The Labute approximate surface area is 127 Å².